The fraction of sp³-hybridized carbons (Fsp3) is 0. The fourth-order valence-electron chi connectivity index (χ4n) is 1.20. The van der Waals surface area contributed by atoms with Gasteiger partial charge in [0.2, 0.25) is 0 Å². The fourth-order valence-corrected chi connectivity index (χ4v) is 2.42. The molecule has 0 spiro atoms. The summed E-state index contributed by atoms with van der Waals surface area (Å²) >= 11 is 7.55. The number of nitriles is 1. The van der Waals surface area contributed by atoms with Crippen molar-refractivity contribution in [3.05, 3.63) is 28.1 Å². The van der Waals surface area contributed by atoms with E-state index >= 15 is 0 Å². The SMILES string of the molecule is N#Cc1c(N)cc2sccc2c1Cl. The molecule has 0 aliphatic carbocycles. The third-order valence-electron chi connectivity index (χ3n) is 1.84. The van der Waals surface area contributed by atoms with Gasteiger partial charge in [0.1, 0.15) is 6.07 Å². The summed E-state index contributed by atoms with van der Waals surface area (Å²) in [5, 5.41) is 12.1. The molecule has 2 N–H and O–H groups in total. The van der Waals surface area contributed by atoms with Crippen molar-refractivity contribution in [1.29, 1.82) is 5.26 Å². The van der Waals surface area contributed by atoms with Crippen LogP contribution in [0, 0.1) is 11.3 Å². The first kappa shape index (κ1) is 8.36. The highest BCUT2D eigenvalue weighted by Gasteiger charge is 2.09. The average molecular weight is 209 g/mol. The predicted molar refractivity (Wildman–Crippen MR) is 56.0 cm³/mol. The summed E-state index contributed by atoms with van der Waals surface area (Å²) in [4.78, 5) is 0. The molecule has 0 aliphatic rings. The number of nitrogens with zero attached hydrogens (tertiary/aromatic N) is 1. The minimum absolute atomic E-state index is 0.368. The predicted octanol–water partition coefficient (Wildman–Crippen LogP) is 3.01. The van der Waals surface area contributed by atoms with Gasteiger partial charge in [-0.15, -0.1) is 11.3 Å². The molecule has 0 fully saturated rings. The van der Waals surface area contributed by atoms with Crippen LogP contribution in [0.3, 0.4) is 0 Å². The third-order valence-corrected chi connectivity index (χ3v) is 3.09. The number of hydrogen-bond donors (Lipinski definition) is 1. The van der Waals surface area contributed by atoms with Crippen molar-refractivity contribution in [2.75, 3.05) is 5.73 Å². The molecule has 0 bridgehead atoms. The monoisotopic (exact) mass is 208 g/mol. The Balaban J connectivity index is 2.95. The van der Waals surface area contributed by atoms with Crippen LogP contribution in [0.2, 0.25) is 5.02 Å². The number of rotatable bonds is 0. The molecule has 2 nitrogen and oxygen atoms in total. The number of anilines is 1. The van der Waals surface area contributed by atoms with Crippen LogP contribution < -0.4 is 5.73 Å². The highest BCUT2D eigenvalue weighted by Crippen LogP contribution is 2.34. The Bertz CT molecular complexity index is 510. The number of nitrogen functional groups attached to an aromatic ring is 1. The highest BCUT2D eigenvalue weighted by atomic mass is 35.5. The van der Waals surface area contributed by atoms with Gasteiger partial charge in [0, 0.05) is 10.1 Å². The summed E-state index contributed by atoms with van der Waals surface area (Å²) in [6.45, 7) is 0. The van der Waals surface area contributed by atoms with E-state index in [-0.39, 0.29) is 0 Å². The molecule has 0 unspecified atom stereocenters. The topological polar surface area (TPSA) is 49.8 Å². The normalized spacial score (nSPS) is 10.2. The number of benzene rings is 1. The summed E-state index contributed by atoms with van der Waals surface area (Å²) < 4.78 is 1.02. The first-order valence-electron chi connectivity index (χ1n) is 3.59. The van der Waals surface area contributed by atoms with E-state index in [9.17, 15) is 0 Å². The van der Waals surface area contributed by atoms with Crippen LogP contribution in [0.15, 0.2) is 17.5 Å². The van der Waals surface area contributed by atoms with Crippen molar-refractivity contribution >= 4 is 38.7 Å². The molecule has 13 heavy (non-hydrogen) atoms. The van der Waals surface area contributed by atoms with Crippen LogP contribution in [0.1, 0.15) is 5.56 Å². The van der Waals surface area contributed by atoms with E-state index in [4.69, 9.17) is 22.6 Å². The smallest absolute Gasteiger partial charge is 0.103 e. The maximum absolute atomic E-state index is 8.79. The van der Waals surface area contributed by atoms with Gasteiger partial charge in [-0.3, -0.25) is 0 Å². The van der Waals surface area contributed by atoms with Crippen LogP contribution in [-0.2, 0) is 0 Å². The Labute approximate surface area is 84.2 Å². The van der Waals surface area contributed by atoms with E-state index < -0.39 is 0 Å². The number of nitrogens with two attached hydrogens (primary N) is 1. The minimum Gasteiger partial charge on any atom is -0.398 e. The van der Waals surface area contributed by atoms with Gasteiger partial charge in [-0.25, -0.2) is 0 Å². The molecule has 1 aromatic heterocycles. The summed E-state index contributed by atoms with van der Waals surface area (Å²) in [5.41, 5.74) is 6.47. The lowest BCUT2D eigenvalue weighted by molar-refractivity contribution is 1.50. The largest absolute Gasteiger partial charge is 0.398 e. The maximum atomic E-state index is 8.79. The second-order valence-electron chi connectivity index (χ2n) is 2.60. The molecule has 2 rings (SSSR count). The van der Waals surface area contributed by atoms with Crippen LogP contribution in [0.5, 0.6) is 0 Å². The summed E-state index contributed by atoms with van der Waals surface area (Å²) in [6.07, 6.45) is 0. The third kappa shape index (κ3) is 1.15. The van der Waals surface area contributed by atoms with E-state index in [1.165, 1.54) is 0 Å². The van der Waals surface area contributed by atoms with E-state index in [0.717, 1.165) is 10.1 Å². The molecule has 0 radical (unpaired) electrons. The first-order valence-corrected chi connectivity index (χ1v) is 4.85. The molecule has 4 heteroatoms. The number of halogens is 1. The van der Waals surface area contributed by atoms with Gasteiger partial charge in [-0.2, -0.15) is 5.26 Å². The van der Waals surface area contributed by atoms with Crippen LogP contribution in [-0.4, -0.2) is 0 Å². The van der Waals surface area contributed by atoms with Crippen molar-refractivity contribution in [3.8, 4) is 6.07 Å². The molecule has 0 aliphatic heterocycles. The van der Waals surface area contributed by atoms with E-state index in [0.29, 0.717) is 16.3 Å². The van der Waals surface area contributed by atoms with E-state index in [1.807, 2.05) is 17.5 Å². The quantitative estimate of drug-likeness (QED) is 0.677. The molecular formula is C9H5ClN2S. The van der Waals surface area contributed by atoms with Crippen molar-refractivity contribution in [2.45, 2.75) is 0 Å². The van der Waals surface area contributed by atoms with Crippen LogP contribution >= 0.6 is 22.9 Å². The summed E-state index contributed by atoms with van der Waals surface area (Å²) in [7, 11) is 0. The molecule has 64 valence electrons. The molecule has 1 aromatic carbocycles. The summed E-state index contributed by atoms with van der Waals surface area (Å²) in [5.74, 6) is 0. The lowest BCUT2D eigenvalue weighted by Gasteiger charge is -2.00. The zero-order valence-electron chi connectivity index (χ0n) is 6.54. The molecule has 1 heterocycles. The molecule has 2 aromatic rings. The molecule has 0 atom stereocenters. The summed E-state index contributed by atoms with van der Waals surface area (Å²) in [6, 6.07) is 5.67. The van der Waals surface area contributed by atoms with Gasteiger partial charge in [-0.1, -0.05) is 11.6 Å². The minimum atomic E-state index is 0.368. The number of hydrogen-bond acceptors (Lipinski definition) is 3. The van der Waals surface area contributed by atoms with Gasteiger partial charge >= 0.3 is 0 Å². The van der Waals surface area contributed by atoms with E-state index in [2.05, 4.69) is 0 Å². The van der Waals surface area contributed by atoms with Crippen molar-refractivity contribution < 1.29 is 0 Å². The molecule has 0 saturated carbocycles. The Hall–Kier alpha value is -1.24. The van der Waals surface area contributed by atoms with Gasteiger partial charge in [0.15, 0.2) is 0 Å². The highest BCUT2D eigenvalue weighted by molar-refractivity contribution is 7.17. The second kappa shape index (κ2) is 2.91. The number of fused-ring (bicyclic) bond motifs is 1. The van der Waals surface area contributed by atoms with Gasteiger partial charge in [-0.05, 0) is 17.5 Å². The Morgan fingerprint density at radius 1 is 1.54 bits per heavy atom. The Morgan fingerprint density at radius 2 is 2.31 bits per heavy atom. The Kier molecular flexibility index (Phi) is 1.87. The first-order chi connectivity index (χ1) is 6.24. The lowest BCUT2D eigenvalue weighted by Crippen LogP contribution is -1.90. The zero-order chi connectivity index (χ0) is 9.42. The van der Waals surface area contributed by atoms with Crippen LogP contribution in [0.25, 0.3) is 10.1 Å². The van der Waals surface area contributed by atoms with Crippen molar-refractivity contribution in [2.24, 2.45) is 0 Å². The Morgan fingerprint density at radius 3 is 3.00 bits per heavy atom. The average Bonchev–Trinajstić information content (AvgIpc) is 2.53. The second-order valence-corrected chi connectivity index (χ2v) is 3.92. The molecular weight excluding hydrogens is 204 g/mol. The van der Waals surface area contributed by atoms with Gasteiger partial charge in [0.05, 0.1) is 16.3 Å². The number of thiophene rings is 1. The van der Waals surface area contributed by atoms with Gasteiger partial charge < -0.3 is 5.73 Å². The zero-order valence-corrected chi connectivity index (χ0v) is 8.12. The standard InChI is InChI=1S/C9H5ClN2S/c10-9-5-1-2-13-8(5)3-7(12)6(9)4-11/h1-3H,12H2. The maximum Gasteiger partial charge on any atom is 0.103 e. The van der Waals surface area contributed by atoms with Crippen LogP contribution in [0.4, 0.5) is 5.69 Å². The molecule has 0 saturated heterocycles. The van der Waals surface area contributed by atoms with Crippen molar-refractivity contribution in [1.82, 2.24) is 0 Å². The molecule has 0 amide bonds. The van der Waals surface area contributed by atoms with Gasteiger partial charge in [0.25, 0.3) is 0 Å². The lowest BCUT2D eigenvalue weighted by atomic mass is 10.1. The van der Waals surface area contributed by atoms with Crippen molar-refractivity contribution in [3.63, 3.8) is 0 Å². The van der Waals surface area contributed by atoms with E-state index in [1.54, 1.807) is 17.4 Å².